The second-order valence-corrected chi connectivity index (χ2v) is 17.8. The van der Waals surface area contributed by atoms with Crippen molar-refractivity contribution in [2.45, 2.75) is 199 Å². The fraction of sp³-hybridized carbons (Fsp3) is 0.524. The van der Waals surface area contributed by atoms with Crippen molar-refractivity contribution in [2.75, 3.05) is 13.2 Å². The van der Waals surface area contributed by atoms with Crippen LogP contribution in [0, 0.1) is 0 Å². The van der Waals surface area contributed by atoms with Gasteiger partial charge >= 0.3 is 23.9 Å². The van der Waals surface area contributed by atoms with Gasteiger partial charge in [0.05, 0.1) is 19.4 Å². The molecule has 416 valence electrons. The summed E-state index contributed by atoms with van der Waals surface area (Å²) >= 11 is 0. The number of aliphatic hydroxyl groups is 2. The van der Waals surface area contributed by atoms with E-state index in [9.17, 15) is 34.5 Å². The number of aliphatic hydroxyl groups excluding tert-OH is 2. The molecule has 0 bridgehead atoms. The Labute approximate surface area is 450 Å². The first-order valence-electron chi connectivity index (χ1n) is 27.5. The molecule has 1 aliphatic heterocycles. The molecule has 3 N–H and O–H groups in total. The van der Waals surface area contributed by atoms with Crippen molar-refractivity contribution in [1.29, 1.82) is 0 Å². The predicted molar refractivity (Wildman–Crippen MR) is 302 cm³/mol. The van der Waals surface area contributed by atoms with Crippen LogP contribution < -0.4 is 0 Å². The number of unbranched alkanes of at least 4 members (excludes halogenated alkanes) is 5. The van der Waals surface area contributed by atoms with Crippen molar-refractivity contribution in [2.24, 2.45) is 0 Å². The molecule has 1 aliphatic rings. The summed E-state index contributed by atoms with van der Waals surface area (Å²) in [5, 5.41) is 31.4. The van der Waals surface area contributed by atoms with Crippen LogP contribution in [-0.4, -0.2) is 89.2 Å². The molecule has 0 aromatic rings. The van der Waals surface area contributed by atoms with Gasteiger partial charge in [-0.25, -0.2) is 4.79 Å². The van der Waals surface area contributed by atoms with E-state index in [4.69, 9.17) is 23.7 Å². The van der Waals surface area contributed by atoms with Crippen LogP contribution in [0.2, 0.25) is 0 Å². The summed E-state index contributed by atoms with van der Waals surface area (Å²) in [6.07, 6.45) is 59.9. The van der Waals surface area contributed by atoms with Gasteiger partial charge in [-0.1, -0.05) is 198 Å². The minimum atomic E-state index is -1.94. The maximum absolute atomic E-state index is 13.0. The monoisotopic (exact) mass is 1040 g/mol. The number of esters is 3. The van der Waals surface area contributed by atoms with E-state index < -0.39 is 73.9 Å². The molecule has 6 atom stereocenters. The largest absolute Gasteiger partial charge is 0.479 e. The summed E-state index contributed by atoms with van der Waals surface area (Å²) in [5.41, 5.74) is 0. The lowest BCUT2D eigenvalue weighted by atomic mass is 9.98. The molecule has 1 rings (SSSR count). The van der Waals surface area contributed by atoms with E-state index in [1.807, 2.05) is 36.5 Å². The number of hydrogen-bond donors (Lipinski definition) is 3. The van der Waals surface area contributed by atoms with Crippen LogP contribution >= 0.6 is 0 Å². The Balaban J connectivity index is 2.85. The summed E-state index contributed by atoms with van der Waals surface area (Å²) in [4.78, 5) is 50.9. The first-order valence-corrected chi connectivity index (χ1v) is 27.5. The van der Waals surface area contributed by atoms with E-state index >= 15 is 0 Å². The molecule has 1 heterocycles. The number of aliphatic carboxylic acids is 1. The quantitative estimate of drug-likeness (QED) is 0.0228. The summed E-state index contributed by atoms with van der Waals surface area (Å²) < 4.78 is 28.1. The highest BCUT2D eigenvalue weighted by Crippen LogP contribution is 2.26. The fourth-order valence-corrected chi connectivity index (χ4v) is 7.06. The maximum atomic E-state index is 13.0. The van der Waals surface area contributed by atoms with Crippen LogP contribution in [0.25, 0.3) is 0 Å². The topological polar surface area (TPSA) is 175 Å². The number of ether oxygens (including phenoxy) is 5. The summed E-state index contributed by atoms with van der Waals surface area (Å²) in [7, 11) is 0. The van der Waals surface area contributed by atoms with E-state index in [0.717, 1.165) is 103 Å². The molecule has 75 heavy (non-hydrogen) atoms. The van der Waals surface area contributed by atoms with Gasteiger partial charge in [0.25, 0.3) is 0 Å². The van der Waals surface area contributed by atoms with Crippen molar-refractivity contribution in [1.82, 2.24) is 0 Å². The molecule has 0 aliphatic carbocycles. The van der Waals surface area contributed by atoms with Gasteiger partial charge in [0, 0.05) is 6.42 Å². The first kappa shape index (κ1) is 67.4. The number of carbonyl (C=O) groups is 4. The zero-order valence-electron chi connectivity index (χ0n) is 45.5. The molecule has 0 aromatic carbocycles. The smallest absolute Gasteiger partial charge is 0.335 e. The molecule has 12 nitrogen and oxygen atoms in total. The van der Waals surface area contributed by atoms with Crippen LogP contribution in [0.3, 0.4) is 0 Å². The maximum Gasteiger partial charge on any atom is 0.335 e. The molecule has 0 aromatic heterocycles. The van der Waals surface area contributed by atoms with Crippen molar-refractivity contribution < 1.29 is 58.2 Å². The van der Waals surface area contributed by atoms with Gasteiger partial charge in [0.2, 0.25) is 0 Å². The lowest BCUT2D eigenvalue weighted by molar-refractivity contribution is -0.301. The summed E-state index contributed by atoms with van der Waals surface area (Å²) in [6.45, 7) is 5.43. The van der Waals surface area contributed by atoms with Gasteiger partial charge in [-0.05, 0) is 103 Å². The predicted octanol–water partition coefficient (Wildman–Crippen LogP) is 13.8. The number of carbonyl (C=O) groups excluding carboxylic acids is 3. The van der Waals surface area contributed by atoms with Crippen molar-refractivity contribution >= 4 is 23.9 Å². The van der Waals surface area contributed by atoms with E-state index in [2.05, 4.69) is 130 Å². The van der Waals surface area contributed by atoms with Crippen molar-refractivity contribution in [3.05, 3.63) is 158 Å². The zero-order chi connectivity index (χ0) is 54.7. The van der Waals surface area contributed by atoms with Crippen LogP contribution in [0.15, 0.2) is 158 Å². The minimum absolute atomic E-state index is 0.0119. The number of allylic oxidation sites excluding steroid dienone is 24. The Morgan fingerprint density at radius 3 is 1.28 bits per heavy atom. The highest BCUT2D eigenvalue weighted by molar-refractivity contribution is 5.74. The number of carboxylic acid groups (broad SMARTS) is 1. The molecule has 12 heteroatoms. The second-order valence-electron chi connectivity index (χ2n) is 17.8. The van der Waals surface area contributed by atoms with Crippen LogP contribution in [0.5, 0.6) is 0 Å². The molecule has 0 saturated carbocycles. The highest BCUT2D eigenvalue weighted by Gasteiger charge is 2.50. The van der Waals surface area contributed by atoms with E-state index in [1.54, 1.807) is 12.2 Å². The average Bonchev–Trinajstić information content (AvgIpc) is 3.39. The molecule has 1 saturated heterocycles. The lowest BCUT2D eigenvalue weighted by Gasteiger charge is -2.40. The van der Waals surface area contributed by atoms with Crippen molar-refractivity contribution in [3.63, 3.8) is 0 Å². The first-order chi connectivity index (χ1) is 36.6. The molecule has 6 unspecified atom stereocenters. The number of hydrogen-bond acceptors (Lipinski definition) is 11. The second kappa shape index (κ2) is 49.2. The molecule has 0 amide bonds. The fourth-order valence-electron chi connectivity index (χ4n) is 7.06. The molecule has 0 radical (unpaired) electrons. The summed E-state index contributed by atoms with van der Waals surface area (Å²) in [6, 6.07) is 0. The Hall–Kier alpha value is -5.66. The SMILES string of the molecule is CC/C=C\C/C=C\C/C=C\C/C=C\C/C=C\CC(=O)OCC(COC1OC(C(=O)O)C(O)C(O)C1OC(=O)CCCCCCC/C=C\C/C=C\C/C=C\CC)OC(=O)C/C=C\C/C=C\C/C=C\C/C=C\C/C=C\CC. The standard InChI is InChI=1S/C63H92O12/c1-4-7-10-13-16-19-22-25-28-31-34-37-40-43-46-49-55(64)71-52-54(73-56(65)50-47-44-41-38-35-32-29-26-23-20-17-14-11-8-5-2)53-72-63-61(59(68)58(67)60(75-63)62(69)70)74-57(66)51-48-45-42-39-36-33-30-27-24-21-18-15-12-9-6-3/h7-12,16-21,25-30,34-35,37-38,43-44,46-47,54,58-61,63,67-68H,4-6,13-15,22-24,31-33,36,39-42,45,48-53H2,1-3H3,(H,69,70)/b10-7-,11-8-,12-9-,19-16-,20-17-,21-18-,28-25-,29-26-,30-27-,37-34-,38-35-,46-43-,47-44-. The summed E-state index contributed by atoms with van der Waals surface area (Å²) in [5.74, 6) is -3.51. The van der Waals surface area contributed by atoms with E-state index in [0.29, 0.717) is 19.3 Å². The third-order valence-electron chi connectivity index (χ3n) is 11.1. The average molecular weight is 1040 g/mol. The minimum Gasteiger partial charge on any atom is -0.479 e. The van der Waals surface area contributed by atoms with Gasteiger partial charge in [-0.15, -0.1) is 0 Å². The highest BCUT2D eigenvalue weighted by atomic mass is 16.7. The van der Waals surface area contributed by atoms with Crippen LogP contribution in [0.1, 0.15) is 162 Å². The molecule has 1 fully saturated rings. The Kier molecular flexibility index (Phi) is 44.2. The Morgan fingerprint density at radius 2 is 0.840 bits per heavy atom. The number of rotatable bonds is 43. The normalized spacial score (nSPS) is 19.4. The van der Waals surface area contributed by atoms with Gasteiger partial charge in [-0.3, -0.25) is 14.4 Å². The van der Waals surface area contributed by atoms with E-state index in [-0.39, 0.29) is 19.3 Å². The van der Waals surface area contributed by atoms with Crippen LogP contribution in [-0.2, 0) is 42.9 Å². The van der Waals surface area contributed by atoms with Gasteiger partial charge in [0.1, 0.15) is 18.8 Å². The Morgan fingerprint density at radius 1 is 0.453 bits per heavy atom. The third-order valence-corrected chi connectivity index (χ3v) is 11.1. The molecular weight excluding hydrogens is 949 g/mol. The lowest BCUT2D eigenvalue weighted by Crippen LogP contribution is -2.61. The van der Waals surface area contributed by atoms with Crippen molar-refractivity contribution in [3.8, 4) is 0 Å². The van der Waals surface area contributed by atoms with E-state index in [1.165, 1.54) is 0 Å². The molecular formula is C63H92O12. The zero-order valence-corrected chi connectivity index (χ0v) is 45.5. The third kappa shape index (κ3) is 39.4. The van der Waals surface area contributed by atoms with Crippen LogP contribution in [0.4, 0.5) is 0 Å². The number of carboxylic acids is 1. The van der Waals surface area contributed by atoms with Gasteiger partial charge < -0.3 is 39.0 Å². The Bertz CT molecular complexity index is 1910. The van der Waals surface area contributed by atoms with Gasteiger partial charge in [-0.2, -0.15) is 0 Å². The van der Waals surface area contributed by atoms with Gasteiger partial charge in [0.15, 0.2) is 24.6 Å². The molecule has 0 spiro atoms.